The molecule has 0 bridgehead atoms. The summed E-state index contributed by atoms with van der Waals surface area (Å²) < 4.78 is 0. The number of anilines is 1. The van der Waals surface area contributed by atoms with Gasteiger partial charge in [-0.1, -0.05) is 6.07 Å². The van der Waals surface area contributed by atoms with E-state index in [0.29, 0.717) is 11.7 Å². The van der Waals surface area contributed by atoms with Gasteiger partial charge in [-0.15, -0.1) is 0 Å². The van der Waals surface area contributed by atoms with Crippen molar-refractivity contribution in [1.82, 2.24) is 15.0 Å². The minimum absolute atomic E-state index is 0.280. The Labute approximate surface area is 118 Å². The minimum Gasteiger partial charge on any atom is -0.384 e. The zero-order valence-electron chi connectivity index (χ0n) is 11.4. The lowest BCUT2D eigenvalue weighted by Gasteiger charge is -2.24. The quantitative estimate of drug-likeness (QED) is 0.907. The third-order valence-corrected chi connectivity index (χ3v) is 4.28. The van der Waals surface area contributed by atoms with Gasteiger partial charge in [0, 0.05) is 24.1 Å². The molecule has 2 aliphatic carbocycles. The van der Waals surface area contributed by atoms with E-state index >= 15 is 0 Å². The summed E-state index contributed by atoms with van der Waals surface area (Å²) >= 11 is 0. The van der Waals surface area contributed by atoms with E-state index in [1.807, 2.05) is 18.3 Å². The molecule has 0 amide bonds. The Balaban J connectivity index is 1.78. The Hall–Kier alpha value is -1.97. The summed E-state index contributed by atoms with van der Waals surface area (Å²) in [6, 6.07) is 6.13. The molecule has 2 heterocycles. The number of nitrogen functional groups attached to an aromatic ring is 1. The van der Waals surface area contributed by atoms with E-state index in [-0.39, 0.29) is 5.92 Å². The number of nitrogens with two attached hydrogens (primary N) is 1. The minimum atomic E-state index is 0.280. The molecular formula is C16H18N4. The molecule has 1 unspecified atom stereocenters. The number of rotatable bonds is 2. The molecule has 4 rings (SSSR count). The average Bonchev–Trinajstić information content (AvgIpc) is 3.30. The summed E-state index contributed by atoms with van der Waals surface area (Å²) in [7, 11) is 0. The predicted octanol–water partition coefficient (Wildman–Crippen LogP) is 2.80. The number of aryl methyl sites for hydroxylation is 1. The van der Waals surface area contributed by atoms with Gasteiger partial charge < -0.3 is 5.73 Å². The normalized spacial score (nSPS) is 21.5. The van der Waals surface area contributed by atoms with Crippen LogP contribution in [0.1, 0.15) is 60.3 Å². The highest BCUT2D eigenvalue weighted by molar-refractivity contribution is 5.38. The zero-order chi connectivity index (χ0) is 13.5. The van der Waals surface area contributed by atoms with E-state index in [2.05, 4.69) is 16.0 Å². The smallest absolute Gasteiger partial charge is 0.134 e. The molecular weight excluding hydrogens is 248 g/mol. The summed E-state index contributed by atoms with van der Waals surface area (Å²) in [4.78, 5) is 13.8. The summed E-state index contributed by atoms with van der Waals surface area (Å²) in [5.41, 5.74) is 9.57. The molecule has 0 aliphatic heterocycles. The van der Waals surface area contributed by atoms with Crippen molar-refractivity contribution in [1.29, 1.82) is 0 Å². The predicted molar refractivity (Wildman–Crippen MR) is 77.4 cm³/mol. The molecule has 20 heavy (non-hydrogen) atoms. The molecule has 1 atom stereocenters. The molecule has 102 valence electrons. The van der Waals surface area contributed by atoms with Gasteiger partial charge in [-0.3, -0.25) is 4.98 Å². The summed E-state index contributed by atoms with van der Waals surface area (Å²) in [5, 5.41) is 0. The van der Waals surface area contributed by atoms with Crippen molar-refractivity contribution < 1.29 is 0 Å². The lowest BCUT2D eigenvalue weighted by Crippen LogP contribution is -2.15. The van der Waals surface area contributed by atoms with Crippen molar-refractivity contribution in [3.63, 3.8) is 0 Å². The second-order valence-electron chi connectivity index (χ2n) is 5.84. The summed E-state index contributed by atoms with van der Waals surface area (Å²) in [6.07, 6.45) is 7.68. The molecule has 0 saturated heterocycles. The van der Waals surface area contributed by atoms with E-state index in [0.717, 1.165) is 24.4 Å². The van der Waals surface area contributed by atoms with Crippen LogP contribution in [0.4, 0.5) is 5.82 Å². The second kappa shape index (κ2) is 4.54. The van der Waals surface area contributed by atoms with E-state index in [4.69, 9.17) is 10.7 Å². The maximum Gasteiger partial charge on any atom is 0.134 e. The maximum atomic E-state index is 5.98. The van der Waals surface area contributed by atoms with Gasteiger partial charge in [-0.05, 0) is 43.7 Å². The van der Waals surface area contributed by atoms with Crippen molar-refractivity contribution in [2.45, 2.75) is 43.9 Å². The molecule has 0 spiro atoms. The van der Waals surface area contributed by atoms with E-state index in [1.165, 1.54) is 30.5 Å². The Morgan fingerprint density at radius 2 is 2.05 bits per heavy atom. The first-order valence-electron chi connectivity index (χ1n) is 7.39. The van der Waals surface area contributed by atoms with Gasteiger partial charge >= 0.3 is 0 Å². The first-order chi connectivity index (χ1) is 9.81. The highest BCUT2D eigenvalue weighted by atomic mass is 15.0. The van der Waals surface area contributed by atoms with Crippen molar-refractivity contribution in [2.75, 3.05) is 5.73 Å². The number of fused-ring (bicyclic) bond motifs is 1. The molecule has 4 nitrogen and oxygen atoms in total. The van der Waals surface area contributed by atoms with Gasteiger partial charge in [-0.25, -0.2) is 9.97 Å². The summed E-state index contributed by atoms with van der Waals surface area (Å²) in [6.45, 7) is 0. The highest BCUT2D eigenvalue weighted by Crippen LogP contribution is 2.40. The maximum absolute atomic E-state index is 5.98. The Morgan fingerprint density at radius 3 is 2.90 bits per heavy atom. The van der Waals surface area contributed by atoms with Crippen LogP contribution in [0.15, 0.2) is 24.4 Å². The SMILES string of the molecule is Nc1cc(C2CCCc3cccnc32)nc(C2CC2)n1. The first kappa shape index (κ1) is 11.8. The van der Waals surface area contributed by atoms with Crippen LogP contribution in [0.25, 0.3) is 0 Å². The van der Waals surface area contributed by atoms with Crippen molar-refractivity contribution >= 4 is 5.82 Å². The van der Waals surface area contributed by atoms with Gasteiger partial charge in [0.2, 0.25) is 0 Å². The fourth-order valence-corrected chi connectivity index (χ4v) is 3.11. The molecule has 4 heteroatoms. The van der Waals surface area contributed by atoms with Crippen LogP contribution in [0.2, 0.25) is 0 Å². The number of nitrogens with zero attached hydrogens (tertiary/aromatic N) is 3. The van der Waals surface area contributed by atoms with Crippen LogP contribution >= 0.6 is 0 Å². The van der Waals surface area contributed by atoms with Gasteiger partial charge in [0.05, 0.1) is 11.4 Å². The molecule has 2 aromatic heterocycles. The van der Waals surface area contributed by atoms with E-state index in [1.54, 1.807) is 0 Å². The van der Waals surface area contributed by atoms with E-state index < -0.39 is 0 Å². The fourth-order valence-electron chi connectivity index (χ4n) is 3.11. The second-order valence-corrected chi connectivity index (χ2v) is 5.84. The molecule has 0 aromatic carbocycles. The Kier molecular flexibility index (Phi) is 2.69. The monoisotopic (exact) mass is 266 g/mol. The lowest BCUT2D eigenvalue weighted by molar-refractivity contribution is 0.584. The van der Waals surface area contributed by atoms with E-state index in [9.17, 15) is 0 Å². The van der Waals surface area contributed by atoms with Gasteiger partial charge in [0.15, 0.2) is 0 Å². The van der Waals surface area contributed by atoms with Crippen LogP contribution < -0.4 is 5.73 Å². The molecule has 0 radical (unpaired) electrons. The van der Waals surface area contributed by atoms with Crippen LogP contribution in [0.3, 0.4) is 0 Å². The number of hydrogen-bond donors (Lipinski definition) is 1. The fraction of sp³-hybridized carbons (Fsp3) is 0.438. The highest BCUT2D eigenvalue weighted by Gasteiger charge is 2.30. The van der Waals surface area contributed by atoms with Crippen LogP contribution in [0.5, 0.6) is 0 Å². The topological polar surface area (TPSA) is 64.7 Å². The standard InChI is InChI=1S/C16H18N4/c17-14-9-13(19-16(20-14)11-6-7-11)12-5-1-3-10-4-2-8-18-15(10)12/h2,4,8-9,11-12H,1,3,5-7H2,(H2,17,19,20). The molecule has 2 N–H and O–H groups in total. The lowest BCUT2D eigenvalue weighted by atomic mass is 9.84. The van der Waals surface area contributed by atoms with Crippen LogP contribution in [-0.4, -0.2) is 15.0 Å². The van der Waals surface area contributed by atoms with Crippen LogP contribution in [0, 0.1) is 0 Å². The Morgan fingerprint density at radius 1 is 1.15 bits per heavy atom. The van der Waals surface area contributed by atoms with Crippen molar-refractivity contribution in [2.24, 2.45) is 0 Å². The molecule has 2 aromatic rings. The summed E-state index contributed by atoms with van der Waals surface area (Å²) in [5.74, 6) is 2.34. The van der Waals surface area contributed by atoms with Gasteiger partial charge in [-0.2, -0.15) is 0 Å². The van der Waals surface area contributed by atoms with Crippen molar-refractivity contribution in [3.05, 3.63) is 47.2 Å². The molecule has 1 saturated carbocycles. The molecule has 1 fully saturated rings. The van der Waals surface area contributed by atoms with Crippen molar-refractivity contribution in [3.8, 4) is 0 Å². The van der Waals surface area contributed by atoms with Crippen LogP contribution in [-0.2, 0) is 6.42 Å². The largest absolute Gasteiger partial charge is 0.384 e. The number of pyridine rings is 1. The van der Waals surface area contributed by atoms with Gasteiger partial charge in [0.1, 0.15) is 11.6 Å². The molecule has 2 aliphatic rings. The number of aromatic nitrogens is 3. The number of hydrogen-bond acceptors (Lipinski definition) is 4. The third kappa shape index (κ3) is 2.05. The third-order valence-electron chi connectivity index (χ3n) is 4.28. The van der Waals surface area contributed by atoms with Gasteiger partial charge in [0.25, 0.3) is 0 Å². The first-order valence-corrected chi connectivity index (χ1v) is 7.39. The zero-order valence-corrected chi connectivity index (χ0v) is 11.4. The Bertz CT molecular complexity index is 649. The average molecular weight is 266 g/mol.